The number of aryl methyl sites for hydroxylation is 1. The summed E-state index contributed by atoms with van der Waals surface area (Å²) in [6, 6.07) is 0. The molecule has 0 saturated carbocycles. The highest BCUT2D eigenvalue weighted by Gasteiger charge is 2.37. The van der Waals surface area contributed by atoms with Crippen LogP contribution in [0.15, 0.2) is 6.33 Å². The minimum absolute atomic E-state index is 0.0940. The topological polar surface area (TPSA) is 84.7 Å². The van der Waals surface area contributed by atoms with Crippen LogP contribution < -0.4 is 0 Å². The highest BCUT2D eigenvalue weighted by Crippen LogP contribution is 2.28. The van der Waals surface area contributed by atoms with E-state index in [4.69, 9.17) is 4.74 Å². The largest absolute Gasteiger partial charge is 0.481 e. The summed E-state index contributed by atoms with van der Waals surface area (Å²) in [5.41, 5.74) is 0.648. The fraction of sp³-hybridized carbons (Fsp3) is 0.615. The molecule has 1 aromatic heterocycles. The Labute approximate surface area is 117 Å². The number of aromatic nitrogens is 2. The van der Waals surface area contributed by atoms with E-state index in [2.05, 4.69) is 4.98 Å². The van der Waals surface area contributed by atoms with Crippen LogP contribution in [0, 0.1) is 0 Å². The zero-order valence-corrected chi connectivity index (χ0v) is 12.1. The molecule has 0 unspecified atom stereocenters. The number of hydrogen-bond donors (Lipinski definition) is 1. The van der Waals surface area contributed by atoms with E-state index < -0.39 is 23.6 Å². The molecule has 0 radical (unpaired) electrons. The second-order valence-corrected chi connectivity index (χ2v) is 5.94. The molecule has 2 heterocycles. The zero-order valence-electron chi connectivity index (χ0n) is 12.1. The molecule has 1 aliphatic rings. The average molecular weight is 281 g/mol. The maximum atomic E-state index is 12.1. The normalized spacial score (nSPS) is 18.6. The van der Waals surface area contributed by atoms with Gasteiger partial charge in [0.15, 0.2) is 0 Å². The summed E-state index contributed by atoms with van der Waals surface area (Å²) >= 11 is 0. The minimum atomic E-state index is -0.969. The number of carbonyl (C=O) groups is 2. The summed E-state index contributed by atoms with van der Waals surface area (Å²) in [7, 11) is 1.75. The fourth-order valence-corrected chi connectivity index (χ4v) is 2.27. The van der Waals surface area contributed by atoms with Gasteiger partial charge in [0.25, 0.3) is 0 Å². The Kier molecular flexibility index (Phi) is 3.45. The van der Waals surface area contributed by atoms with Gasteiger partial charge in [-0.25, -0.2) is 9.78 Å². The van der Waals surface area contributed by atoms with E-state index in [0.29, 0.717) is 11.4 Å². The van der Waals surface area contributed by atoms with Crippen molar-refractivity contribution < 1.29 is 19.4 Å². The van der Waals surface area contributed by atoms with Crippen molar-refractivity contribution in [3.05, 3.63) is 17.7 Å². The second kappa shape index (κ2) is 4.81. The van der Waals surface area contributed by atoms with Crippen LogP contribution in [0.25, 0.3) is 0 Å². The second-order valence-electron chi connectivity index (χ2n) is 5.94. The minimum Gasteiger partial charge on any atom is -0.481 e. The van der Waals surface area contributed by atoms with Crippen LogP contribution in [0.1, 0.15) is 38.1 Å². The highest BCUT2D eigenvalue weighted by molar-refractivity contribution is 5.78. The Bertz CT molecular complexity index is 544. The first-order chi connectivity index (χ1) is 9.19. The quantitative estimate of drug-likeness (QED) is 0.839. The smallest absolute Gasteiger partial charge is 0.410 e. The molecule has 0 saturated heterocycles. The molecular weight excluding hydrogens is 262 g/mol. The molecule has 1 amide bonds. The summed E-state index contributed by atoms with van der Waals surface area (Å²) in [6.07, 6.45) is 1.05. The van der Waals surface area contributed by atoms with E-state index >= 15 is 0 Å². The Morgan fingerprint density at radius 1 is 1.45 bits per heavy atom. The summed E-state index contributed by atoms with van der Waals surface area (Å²) in [6.45, 7) is 5.69. The number of carboxylic acids is 1. The first-order valence-electron chi connectivity index (χ1n) is 6.40. The highest BCUT2D eigenvalue weighted by atomic mass is 16.6. The zero-order chi connectivity index (χ0) is 15.1. The molecule has 1 aliphatic heterocycles. The van der Waals surface area contributed by atoms with Crippen molar-refractivity contribution in [3.8, 4) is 0 Å². The third-order valence-electron chi connectivity index (χ3n) is 3.09. The molecule has 20 heavy (non-hydrogen) atoms. The lowest BCUT2D eigenvalue weighted by Crippen LogP contribution is -2.43. The van der Waals surface area contributed by atoms with Gasteiger partial charge in [0.05, 0.1) is 24.3 Å². The Morgan fingerprint density at radius 2 is 2.10 bits per heavy atom. The average Bonchev–Trinajstić information content (AvgIpc) is 2.68. The maximum Gasteiger partial charge on any atom is 0.410 e. The number of nitrogens with zero attached hydrogens (tertiary/aromatic N) is 3. The van der Waals surface area contributed by atoms with Gasteiger partial charge >= 0.3 is 12.1 Å². The molecule has 1 N–H and O–H groups in total. The number of aliphatic carboxylic acids is 1. The lowest BCUT2D eigenvalue weighted by Gasteiger charge is -2.32. The summed E-state index contributed by atoms with van der Waals surface area (Å²) in [4.78, 5) is 29.0. The molecular formula is C13H19N3O4. The molecule has 1 aromatic rings. The van der Waals surface area contributed by atoms with Crippen LogP contribution >= 0.6 is 0 Å². The number of hydrogen-bond acceptors (Lipinski definition) is 4. The van der Waals surface area contributed by atoms with Gasteiger partial charge in [-0.3, -0.25) is 4.79 Å². The van der Waals surface area contributed by atoms with E-state index in [1.807, 2.05) is 0 Å². The number of fused-ring (bicyclic) bond motifs is 1. The summed E-state index contributed by atoms with van der Waals surface area (Å²) < 4.78 is 6.98. The predicted octanol–water partition coefficient (Wildman–Crippen LogP) is 1.34. The van der Waals surface area contributed by atoms with Gasteiger partial charge in [0, 0.05) is 13.6 Å². The van der Waals surface area contributed by atoms with Gasteiger partial charge in [0.1, 0.15) is 11.5 Å². The molecule has 0 spiro atoms. The summed E-state index contributed by atoms with van der Waals surface area (Å²) in [5, 5.41) is 9.34. The van der Waals surface area contributed by atoms with Crippen molar-refractivity contribution in [1.82, 2.24) is 14.5 Å². The van der Waals surface area contributed by atoms with Crippen molar-refractivity contribution >= 4 is 12.1 Å². The van der Waals surface area contributed by atoms with Crippen molar-refractivity contribution in [3.63, 3.8) is 0 Å². The maximum absolute atomic E-state index is 12.1. The van der Waals surface area contributed by atoms with E-state index in [0.717, 1.165) is 0 Å². The number of imidazole rings is 1. The molecule has 110 valence electrons. The summed E-state index contributed by atoms with van der Waals surface area (Å²) in [5.74, 6) is -1.75. The molecule has 0 aliphatic carbocycles. The van der Waals surface area contributed by atoms with Crippen LogP contribution in [0.4, 0.5) is 4.79 Å². The standard InChI is InChI=1S/C13H19N3O4/c1-13(2,3)20-12(19)16-5-8(11(17)18)10-9(6-16)14-7-15(10)4/h7-8H,5-6H2,1-4H3,(H,17,18)/t8-/m1/s1. The van der Waals surface area contributed by atoms with E-state index in [9.17, 15) is 14.7 Å². The van der Waals surface area contributed by atoms with Gasteiger partial charge in [-0.05, 0) is 20.8 Å². The van der Waals surface area contributed by atoms with Gasteiger partial charge in [-0.15, -0.1) is 0 Å². The van der Waals surface area contributed by atoms with Gasteiger partial charge in [-0.1, -0.05) is 0 Å². The van der Waals surface area contributed by atoms with Crippen LogP contribution in [-0.4, -0.2) is 43.8 Å². The lowest BCUT2D eigenvalue weighted by atomic mass is 9.99. The molecule has 2 rings (SSSR count). The Hall–Kier alpha value is -2.05. The van der Waals surface area contributed by atoms with Gasteiger partial charge in [-0.2, -0.15) is 0 Å². The van der Waals surface area contributed by atoms with Crippen LogP contribution in [0.3, 0.4) is 0 Å². The van der Waals surface area contributed by atoms with Crippen LogP contribution in [-0.2, 0) is 23.1 Å². The lowest BCUT2D eigenvalue weighted by molar-refractivity contribution is -0.139. The molecule has 0 fully saturated rings. The van der Waals surface area contributed by atoms with Gasteiger partial charge in [0.2, 0.25) is 0 Å². The van der Waals surface area contributed by atoms with Crippen molar-refractivity contribution in [2.75, 3.05) is 6.54 Å². The molecule has 0 aromatic carbocycles. The SMILES string of the molecule is Cn1cnc2c1[C@H](C(=O)O)CN(C(=O)OC(C)(C)C)C2. The number of carbonyl (C=O) groups excluding carboxylic acids is 1. The predicted molar refractivity (Wildman–Crippen MR) is 70.2 cm³/mol. The van der Waals surface area contributed by atoms with E-state index in [1.165, 1.54) is 4.90 Å². The van der Waals surface area contributed by atoms with Crippen LogP contribution in [0.2, 0.25) is 0 Å². The third kappa shape index (κ3) is 2.76. The monoisotopic (exact) mass is 281 g/mol. The Morgan fingerprint density at radius 3 is 2.65 bits per heavy atom. The Balaban J connectivity index is 2.25. The fourth-order valence-electron chi connectivity index (χ4n) is 2.27. The molecule has 1 atom stereocenters. The van der Waals surface area contributed by atoms with E-state index in [1.54, 1.807) is 38.7 Å². The van der Waals surface area contributed by atoms with Crippen molar-refractivity contribution in [2.24, 2.45) is 7.05 Å². The van der Waals surface area contributed by atoms with E-state index in [-0.39, 0.29) is 13.1 Å². The number of amides is 1. The van der Waals surface area contributed by atoms with Crippen LogP contribution in [0.5, 0.6) is 0 Å². The molecule has 7 nitrogen and oxygen atoms in total. The van der Waals surface area contributed by atoms with Gasteiger partial charge < -0.3 is 19.3 Å². The third-order valence-corrected chi connectivity index (χ3v) is 3.09. The number of ether oxygens (including phenoxy) is 1. The number of carboxylic acid groups (broad SMARTS) is 1. The molecule has 0 bridgehead atoms. The molecule has 7 heteroatoms. The number of rotatable bonds is 1. The first kappa shape index (κ1) is 14.4. The first-order valence-corrected chi connectivity index (χ1v) is 6.40. The van der Waals surface area contributed by atoms with Crippen molar-refractivity contribution in [2.45, 2.75) is 38.8 Å². The van der Waals surface area contributed by atoms with Crippen molar-refractivity contribution in [1.29, 1.82) is 0 Å².